The van der Waals surface area contributed by atoms with Gasteiger partial charge in [0.15, 0.2) is 0 Å². The van der Waals surface area contributed by atoms with Crippen molar-refractivity contribution in [2.24, 2.45) is 5.16 Å². The SMILES string of the molecule is C/C=N/O/C=C/C(NC=N)/C(C)=C/NC[C@H](F)CN(C)CC. The van der Waals surface area contributed by atoms with Gasteiger partial charge in [-0.1, -0.05) is 12.1 Å². The summed E-state index contributed by atoms with van der Waals surface area (Å²) in [5.74, 6) is 0. The molecule has 0 aliphatic heterocycles. The first-order valence-electron chi connectivity index (χ1n) is 7.33. The lowest BCUT2D eigenvalue weighted by molar-refractivity contribution is 0.226. The Morgan fingerprint density at radius 1 is 1.50 bits per heavy atom. The van der Waals surface area contributed by atoms with Crippen molar-refractivity contribution < 1.29 is 9.23 Å². The van der Waals surface area contributed by atoms with E-state index in [0.29, 0.717) is 6.54 Å². The zero-order valence-electron chi connectivity index (χ0n) is 13.8. The molecular formula is C15H28FN5O. The summed E-state index contributed by atoms with van der Waals surface area (Å²) in [5, 5.41) is 16.6. The molecule has 22 heavy (non-hydrogen) atoms. The molecule has 126 valence electrons. The van der Waals surface area contributed by atoms with Crippen LogP contribution in [-0.4, -0.2) is 56.3 Å². The number of hydrogen-bond acceptors (Lipinski definition) is 5. The lowest BCUT2D eigenvalue weighted by Gasteiger charge is -2.18. The second kappa shape index (κ2) is 12.8. The molecule has 0 fully saturated rings. The molecule has 0 aliphatic carbocycles. The zero-order chi connectivity index (χ0) is 16.8. The van der Waals surface area contributed by atoms with E-state index in [-0.39, 0.29) is 12.6 Å². The number of nitrogens with one attached hydrogen (secondary N) is 3. The number of rotatable bonds is 12. The minimum atomic E-state index is -0.930. The van der Waals surface area contributed by atoms with Crippen LogP contribution in [0.15, 0.2) is 29.3 Å². The summed E-state index contributed by atoms with van der Waals surface area (Å²) in [5.41, 5.74) is 0.903. The topological polar surface area (TPSA) is 72.7 Å². The molecule has 6 nitrogen and oxygen atoms in total. The van der Waals surface area contributed by atoms with E-state index in [0.717, 1.165) is 18.5 Å². The molecule has 0 rings (SSSR count). The van der Waals surface area contributed by atoms with Gasteiger partial charge in [-0.2, -0.15) is 0 Å². The molecule has 0 saturated carbocycles. The molecule has 0 heterocycles. The Hall–Kier alpha value is -1.89. The summed E-state index contributed by atoms with van der Waals surface area (Å²) >= 11 is 0. The predicted molar refractivity (Wildman–Crippen MR) is 89.9 cm³/mol. The highest BCUT2D eigenvalue weighted by Gasteiger charge is 2.09. The minimum absolute atomic E-state index is 0.214. The van der Waals surface area contributed by atoms with Gasteiger partial charge >= 0.3 is 0 Å². The highest BCUT2D eigenvalue weighted by molar-refractivity contribution is 5.52. The third-order valence-corrected chi connectivity index (χ3v) is 2.97. The van der Waals surface area contributed by atoms with E-state index in [4.69, 9.17) is 10.2 Å². The van der Waals surface area contributed by atoms with Crippen molar-refractivity contribution in [3.63, 3.8) is 0 Å². The third kappa shape index (κ3) is 9.93. The van der Waals surface area contributed by atoms with Gasteiger partial charge in [-0.25, -0.2) is 4.39 Å². The first-order chi connectivity index (χ1) is 10.5. The van der Waals surface area contributed by atoms with Crippen LogP contribution in [0.2, 0.25) is 0 Å². The van der Waals surface area contributed by atoms with E-state index in [1.165, 1.54) is 12.5 Å². The molecule has 0 amide bonds. The van der Waals surface area contributed by atoms with E-state index in [2.05, 4.69) is 15.8 Å². The molecule has 0 aliphatic rings. The Balaban J connectivity index is 4.37. The van der Waals surface area contributed by atoms with Gasteiger partial charge in [-0.3, -0.25) is 5.41 Å². The summed E-state index contributed by atoms with van der Waals surface area (Å²) in [6.45, 7) is 7.10. The van der Waals surface area contributed by atoms with Crippen LogP contribution in [0.4, 0.5) is 4.39 Å². The number of halogens is 1. The average molecular weight is 313 g/mol. The van der Waals surface area contributed by atoms with Gasteiger partial charge in [0.25, 0.3) is 0 Å². The Labute approximate surface area is 132 Å². The van der Waals surface area contributed by atoms with Crippen LogP contribution in [0, 0.1) is 5.41 Å². The van der Waals surface area contributed by atoms with E-state index in [9.17, 15) is 4.39 Å². The van der Waals surface area contributed by atoms with Crippen molar-refractivity contribution in [3.05, 3.63) is 24.1 Å². The standard InChI is InChI=1S/C15H28FN5O/c1-5-20-22-8-7-15(19-12-17)13(3)9-18-10-14(16)11-21(4)6-2/h5,7-9,12,14-15,18H,6,10-11H2,1-4H3,(H2,17,19)/b8-7+,13-9+,20-5+/t14-,15?/m0/s1. The summed E-state index contributed by atoms with van der Waals surface area (Å²) < 4.78 is 13.7. The zero-order valence-corrected chi connectivity index (χ0v) is 13.8. The maximum Gasteiger partial charge on any atom is 0.130 e. The lowest BCUT2D eigenvalue weighted by Crippen LogP contribution is -2.33. The molecule has 0 bridgehead atoms. The van der Waals surface area contributed by atoms with Crippen molar-refractivity contribution in [3.8, 4) is 0 Å². The molecule has 0 aromatic heterocycles. The van der Waals surface area contributed by atoms with E-state index < -0.39 is 6.17 Å². The third-order valence-electron chi connectivity index (χ3n) is 2.97. The van der Waals surface area contributed by atoms with Gasteiger partial charge in [0.1, 0.15) is 12.4 Å². The van der Waals surface area contributed by atoms with Crippen molar-refractivity contribution in [2.45, 2.75) is 33.0 Å². The summed E-state index contributed by atoms with van der Waals surface area (Å²) in [6, 6.07) is -0.214. The van der Waals surface area contributed by atoms with Gasteiger partial charge in [0.05, 0.1) is 12.4 Å². The largest absolute Gasteiger partial charge is 0.388 e. The quantitative estimate of drug-likeness (QED) is 0.223. The van der Waals surface area contributed by atoms with Gasteiger partial charge in [0.2, 0.25) is 0 Å². The van der Waals surface area contributed by atoms with E-state index in [1.54, 1.807) is 19.2 Å². The number of nitrogens with zero attached hydrogens (tertiary/aromatic N) is 2. The van der Waals surface area contributed by atoms with Crippen LogP contribution in [0.3, 0.4) is 0 Å². The van der Waals surface area contributed by atoms with Crippen molar-refractivity contribution >= 4 is 12.6 Å². The molecule has 0 aromatic carbocycles. The maximum atomic E-state index is 13.7. The molecule has 0 spiro atoms. The van der Waals surface area contributed by atoms with Crippen molar-refractivity contribution in [1.82, 2.24) is 15.5 Å². The van der Waals surface area contributed by atoms with Gasteiger partial charge in [-0.15, -0.1) is 0 Å². The second-order valence-corrected chi connectivity index (χ2v) is 4.83. The first-order valence-corrected chi connectivity index (χ1v) is 7.33. The fourth-order valence-electron chi connectivity index (χ4n) is 1.61. The summed E-state index contributed by atoms with van der Waals surface area (Å²) in [7, 11) is 1.89. The fourth-order valence-corrected chi connectivity index (χ4v) is 1.61. The lowest BCUT2D eigenvalue weighted by atomic mass is 10.1. The number of hydrogen-bond donors (Lipinski definition) is 3. The second-order valence-electron chi connectivity index (χ2n) is 4.83. The summed E-state index contributed by atoms with van der Waals surface area (Å²) in [4.78, 5) is 6.80. The van der Waals surface area contributed by atoms with Gasteiger partial charge in [0, 0.05) is 19.3 Å². The Bertz CT molecular complexity index is 384. The maximum absolute atomic E-state index is 13.7. The van der Waals surface area contributed by atoms with Crippen LogP contribution in [0.5, 0.6) is 0 Å². The van der Waals surface area contributed by atoms with Crippen LogP contribution in [0.1, 0.15) is 20.8 Å². The van der Waals surface area contributed by atoms with Crippen molar-refractivity contribution in [2.75, 3.05) is 26.7 Å². The Morgan fingerprint density at radius 2 is 2.23 bits per heavy atom. The van der Waals surface area contributed by atoms with Gasteiger partial charge < -0.3 is 20.4 Å². The average Bonchev–Trinajstić information content (AvgIpc) is 2.50. The fraction of sp³-hybridized carbons (Fsp3) is 0.600. The molecule has 0 aromatic rings. The highest BCUT2D eigenvalue weighted by Crippen LogP contribution is 2.02. The molecule has 0 saturated heterocycles. The van der Waals surface area contributed by atoms with E-state index >= 15 is 0 Å². The van der Waals surface area contributed by atoms with Crippen LogP contribution in [-0.2, 0) is 4.84 Å². The van der Waals surface area contributed by atoms with Crippen LogP contribution in [0.25, 0.3) is 0 Å². The van der Waals surface area contributed by atoms with Gasteiger partial charge in [-0.05, 0) is 45.3 Å². The Kier molecular flexibility index (Phi) is 11.7. The molecule has 0 radical (unpaired) electrons. The first kappa shape index (κ1) is 20.1. The highest BCUT2D eigenvalue weighted by atomic mass is 19.1. The molecule has 7 heteroatoms. The molecule has 3 N–H and O–H groups in total. The molecule has 1 unspecified atom stereocenters. The van der Waals surface area contributed by atoms with E-state index in [1.807, 2.05) is 25.8 Å². The van der Waals surface area contributed by atoms with Crippen molar-refractivity contribution in [1.29, 1.82) is 5.41 Å². The Morgan fingerprint density at radius 3 is 2.82 bits per heavy atom. The monoisotopic (exact) mass is 313 g/mol. The smallest absolute Gasteiger partial charge is 0.130 e. The molecular weight excluding hydrogens is 285 g/mol. The summed E-state index contributed by atoms with van der Waals surface area (Å²) in [6.07, 6.45) is 6.61. The predicted octanol–water partition coefficient (Wildman–Crippen LogP) is 1.87. The van der Waals surface area contributed by atoms with Crippen LogP contribution >= 0.6 is 0 Å². The minimum Gasteiger partial charge on any atom is -0.388 e. The normalized spacial score (nSPS) is 15.3. The molecule has 2 atom stereocenters. The number of alkyl halides is 1. The number of oxime groups is 1. The van der Waals surface area contributed by atoms with Crippen LogP contribution < -0.4 is 10.6 Å².